The Bertz CT molecular complexity index is 451. The molecule has 1 aliphatic heterocycles. The molecule has 0 aromatic heterocycles. The highest BCUT2D eigenvalue weighted by Gasteiger charge is 2.31. The molecule has 19 heavy (non-hydrogen) atoms. The molecule has 2 aliphatic rings. The van der Waals surface area contributed by atoms with Crippen LogP contribution in [-0.2, 0) is 0 Å². The van der Waals surface area contributed by atoms with Gasteiger partial charge in [0.25, 0.3) is 0 Å². The number of rotatable bonds is 3. The Morgan fingerprint density at radius 2 is 1.63 bits per heavy atom. The second kappa shape index (κ2) is 5.09. The van der Waals surface area contributed by atoms with E-state index < -0.39 is 0 Å². The largest absolute Gasteiger partial charge is 0.370 e. The maximum atomic E-state index is 5.37. The molecule has 1 saturated heterocycles. The summed E-state index contributed by atoms with van der Waals surface area (Å²) in [6.07, 6.45) is 2.79. The molecule has 1 heterocycles. The highest BCUT2D eigenvalue weighted by molar-refractivity contribution is 5.79. The summed E-state index contributed by atoms with van der Waals surface area (Å²) < 4.78 is 0. The number of hydrogen-bond donors (Lipinski definition) is 2. The lowest BCUT2D eigenvalue weighted by atomic mass is 10.2. The van der Waals surface area contributed by atoms with Gasteiger partial charge in [0.15, 0.2) is 5.96 Å². The minimum atomic E-state index is 0.103. The van der Waals surface area contributed by atoms with Crippen LogP contribution in [0.2, 0.25) is 0 Å². The molecule has 0 amide bonds. The first kappa shape index (κ1) is 12.3. The van der Waals surface area contributed by atoms with Crippen molar-refractivity contribution >= 4 is 17.3 Å². The maximum absolute atomic E-state index is 5.37. The van der Waals surface area contributed by atoms with Gasteiger partial charge in [0.1, 0.15) is 0 Å². The van der Waals surface area contributed by atoms with Crippen molar-refractivity contribution in [1.82, 2.24) is 4.90 Å². The van der Waals surface area contributed by atoms with Gasteiger partial charge in [-0.3, -0.25) is 4.90 Å². The number of nitrogens with two attached hydrogens (primary N) is 2. The van der Waals surface area contributed by atoms with Crippen LogP contribution in [0.15, 0.2) is 29.3 Å². The molecular weight excluding hydrogens is 238 g/mol. The summed E-state index contributed by atoms with van der Waals surface area (Å²) in [6, 6.07) is 8.99. The molecule has 102 valence electrons. The van der Waals surface area contributed by atoms with Gasteiger partial charge in [0.2, 0.25) is 0 Å². The van der Waals surface area contributed by atoms with Gasteiger partial charge in [0.05, 0.1) is 5.69 Å². The molecule has 0 atom stereocenters. The second-order valence-electron chi connectivity index (χ2n) is 5.31. The number of guanidine groups is 1. The van der Waals surface area contributed by atoms with E-state index in [0.717, 1.165) is 24.8 Å². The van der Waals surface area contributed by atoms with Gasteiger partial charge in [-0.25, -0.2) is 4.99 Å². The molecule has 5 heteroatoms. The molecule has 1 aromatic rings. The topological polar surface area (TPSA) is 70.9 Å². The van der Waals surface area contributed by atoms with Crippen molar-refractivity contribution < 1.29 is 0 Å². The van der Waals surface area contributed by atoms with Crippen LogP contribution in [0.5, 0.6) is 0 Å². The van der Waals surface area contributed by atoms with E-state index in [1.54, 1.807) is 0 Å². The van der Waals surface area contributed by atoms with Crippen LogP contribution in [-0.4, -0.2) is 43.1 Å². The fraction of sp³-hybridized carbons (Fsp3) is 0.500. The van der Waals surface area contributed by atoms with Gasteiger partial charge in [-0.2, -0.15) is 0 Å². The Balaban J connectivity index is 1.61. The quantitative estimate of drug-likeness (QED) is 0.624. The summed E-state index contributed by atoms with van der Waals surface area (Å²) in [4.78, 5) is 9.08. The van der Waals surface area contributed by atoms with Gasteiger partial charge in [-0.15, -0.1) is 0 Å². The lowest BCUT2D eigenvalue weighted by Gasteiger charge is -2.36. The molecule has 0 bridgehead atoms. The first-order valence-corrected chi connectivity index (χ1v) is 6.91. The standard InChI is InChI=1S/C14H21N5/c15-14(16)17-11-1-3-12(4-2-11)18-7-9-19(10-8-18)13-5-6-13/h1-4,13H,5-10H2,(H4,15,16,17). The van der Waals surface area contributed by atoms with Crippen molar-refractivity contribution in [2.24, 2.45) is 16.5 Å². The van der Waals surface area contributed by atoms with E-state index in [1.165, 1.54) is 31.6 Å². The summed E-state index contributed by atoms with van der Waals surface area (Å²) in [6.45, 7) is 4.58. The van der Waals surface area contributed by atoms with E-state index in [0.29, 0.717) is 0 Å². The maximum Gasteiger partial charge on any atom is 0.191 e. The lowest BCUT2D eigenvalue weighted by molar-refractivity contribution is 0.248. The molecule has 1 saturated carbocycles. The smallest absolute Gasteiger partial charge is 0.191 e. The number of benzene rings is 1. The fourth-order valence-corrected chi connectivity index (χ4v) is 2.67. The zero-order valence-electron chi connectivity index (χ0n) is 11.1. The lowest BCUT2D eigenvalue weighted by Crippen LogP contribution is -2.47. The molecular formula is C14H21N5. The van der Waals surface area contributed by atoms with Crippen LogP contribution in [0.1, 0.15) is 12.8 Å². The third-order valence-corrected chi connectivity index (χ3v) is 3.85. The number of nitrogens with zero attached hydrogens (tertiary/aromatic N) is 3. The zero-order valence-corrected chi connectivity index (χ0v) is 11.1. The average molecular weight is 259 g/mol. The normalized spacial score (nSPS) is 20.3. The predicted molar refractivity (Wildman–Crippen MR) is 78.7 cm³/mol. The highest BCUT2D eigenvalue weighted by atomic mass is 15.3. The van der Waals surface area contributed by atoms with Gasteiger partial charge < -0.3 is 16.4 Å². The number of anilines is 1. The van der Waals surface area contributed by atoms with Crippen LogP contribution in [0.3, 0.4) is 0 Å². The molecule has 3 rings (SSSR count). The van der Waals surface area contributed by atoms with Crippen molar-refractivity contribution in [2.75, 3.05) is 31.1 Å². The third kappa shape index (κ3) is 2.98. The second-order valence-corrected chi connectivity index (χ2v) is 5.31. The zero-order chi connectivity index (χ0) is 13.2. The average Bonchev–Trinajstić information content (AvgIpc) is 3.24. The molecule has 5 nitrogen and oxygen atoms in total. The van der Waals surface area contributed by atoms with E-state index >= 15 is 0 Å². The summed E-state index contributed by atoms with van der Waals surface area (Å²) >= 11 is 0. The minimum Gasteiger partial charge on any atom is -0.370 e. The summed E-state index contributed by atoms with van der Waals surface area (Å²) in [7, 11) is 0. The van der Waals surface area contributed by atoms with Crippen molar-refractivity contribution in [2.45, 2.75) is 18.9 Å². The van der Waals surface area contributed by atoms with Gasteiger partial charge in [-0.1, -0.05) is 0 Å². The highest BCUT2D eigenvalue weighted by Crippen LogP contribution is 2.28. The number of hydrogen-bond acceptors (Lipinski definition) is 3. The van der Waals surface area contributed by atoms with Crippen LogP contribution < -0.4 is 16.4 Å². The van der Waals surface area contributed by atoms with Crippen molar-refractivity contribution in [3.63, 3.8) is 0 Å². The SMILES string of the molecule is NC(N)=Nc1ccc(N2CCN(C3CC3)CC2)cc1. The molecule has 1 aromatic carbocycles. The first-order valence-electron chi connectivity index (χ1n) is 6.91. The van der Waals surface area contributed by atoms with Crippen LogP contribution >= 0.6 is 0 Å². The molecule has 2 fully saturated rings. The molecule has 1 aliphatic carbocycles. The van der Waals surface area contributed by atoms with Crippen LogP contribution in [0.25, 0.3) is 0 Å². The van der Waals surface area contributed by atoms with Gasteiger partial charge >= 0.3 is 0 Å². The molecule has 0 unspecified atom stereocenters. The van der Waals surface area contributed by atoms with E-state index in [9.17, 15) is 0 Å². The summed E-state index contributed by atoms with van der Waals surface area (Å²) in [5.74, 6) is 0.103. The van der Waals surface area contributed by atoms with Gasteiger partial charge in [-0.05, 0) is 37.1 Å². The predicted octanol–water partition coefficient (Wildman–Crippen LogP) is 0.876. The molecule has 0 spiro atoms. The molecule has 4 N–H and O–H groups in total. The summed E-state index contributed by atoms with van der Waals surface area (Å²) in [5, 5.41) is 0. The first-order chi connectivity index (χ1) is 9.22. The fourth-order valence-electron chi connectivity index (χ4n) is 2.67. The Labute approximate surface area is 113 Å². The summed E-state index contributed by atoms with van der Waals surface area (Å²) in [5.41, 5.74) is 12.8. The number of piperazine rings is 1. The number of aliphatic imine (C=N–C) groups is 1. The third-order valence-electron chi connectivity index (χ3n) is 3.85. The Morgan fingerprint density at radius 1 is 1.00 bits per heavy atom. The van der Waals surface area contributed by atoms with Crippen LogP contribution in [0, 0.1) is 0 Å². The van der Waals surface area contributed by atoms with Crippen molar-refractivity contribution in [1.29, 1.82) is 0 Å². The van der Waals surface area contributed by atoms with Gasteiger partial charge in [0, 0.05) is 37.9 Å². The van der Waals surface area contributed by atoms with E-state index in [2.05, 4.69) is 26.9 Å². The van der Waals surface area contributed by atoms with E-state index in [1.807, 2.05) is 12.1 Å². The Hall–Kier alpha value is -1.75. The Kier molecular flexibility index (Phi) is 3.29. The minimum absolute atomic E-state index is 0.103. The van der Waals surface area contributed by atoms with Crippen molar-refractivity contribution in [3.8, 4) is 0 Å². The van der Waals surface area contributed by atoms with Crippen molar-refractivity contribution in [3.05, 3.63) is 24.3 Å². The van der Waals surface area contributed by atoms with E-state index in [4.69, 9.17) is 11.5 Å². The monoisotopic (exact) mass is 259 g/mol. The Morgan fingerprint density at radius 3 is 2.16 bits per heavy atom. The van der Waals surface area contributed by atoms with Crippen LogP contribution in [0.4, 0.5) is 11.4 Å². The molecule has 0 radical (unpaired) electrons. The van der Waals surface area contributed by atoms with E-state index in [-0.39, 0.29) is 5.96 Å².